The van der Waals surface area contributed by atoms with Crippen molar-refractivity contribution in [1.29, 1.82) is 0 Å². The van der Waals surface area contributed by atoms with Crippen LogP contribution in [0.5, 0.6) is 0 Å². The fourth-order valence-corrected chi connectivity index (χ4v) is 0.972. The Morgan fingerprint density at radius 1 is 1.62 bits per heavy atom. The van der Waals surface area contributed by atoms with Gasteiger partial charge in [0.1, 0.15) is 0 Å². The van der Waals surface area contributed by atoms with Crippen molar-refractivity contribution in [2.75, 3.05) is 0 Å². The van der Waals surface area contributed by atoms with Gasteiger partial charge in [0.25, 0.3) is 0 Å². The minimum absolute atomic E-state index is 0.208. The number of hydrogen-bond donors (Lipinski definition) is 2. The summed E-state index contributed by atoms with van der Waals surface area (Å²) in [6.07, 6.45) is 0.208. The van der Waals surface area contributed by atoms with E-state index in [0.29, 0.717) is 5.69 Å². The predicted molar refractivity (Wildman–Crippen MR) is 48.7 cm³/mol. The number of rotatable bonds is 2. The number of nitrogens with zero attached hydrogens (tertiary/aromatic N) is 1. The molecule has 0 fully saturated rings. The molecule has 1 amide bonds. The van der Waals surface area contributed by atoms with Crippen LogP contribution in [-0.4, -0.2) is 5.91 Å². The van der Waals surface area contributed by atoms with E-state index < -0.39 is 0 Å². The molecule has 0 aliphatic rings. The fourth-order valence-electron chi connectivity index (χ4n) is 0.972. The summed E-state index contributed by atoms with van der Waals surface area (Å²) in [6.45, 7) is 6.77. The fraction of sp³-hybridized carbons (Fsp3) is 0.111. The predicted octanol–water partition coefficient (Wildman–Crippen LogP) is 0.770. The summed E-state index contributed by atoms with van der Waals surface area (Å²) in [7, 11) is 0. The van der Waals surface area contributed by atoms with Gasteiger partial charge in [0, 0.05) is 0 Å². The van der Waals surface area contributed by atoms with Gasteiger partial charge in [-0.3, -0.25) is 10.2 Å². The highest BCUT2D eigenvalue weighted by Gasteiger charge is 2.00. The third-order valence-electron chi connectivity index (χ3n) is 1.57. The first-order valence-corrected chi connectivity index (χ1v) is 3.72. The van der Waals surface area contributed by atoms with Gasteiger partial charge in [-0.05, 0) is 5.56 Å². The zero-order valence-electron chi connectivity index (χ0n) is 6.95. The lowest BCUT2D eigenvalue weighted by molar-refractivity contribution is -0.120. The Bertz CT molecular complexity index is 354. The number of hydrazine groups is 1. The average Bonchev–Trinajstić information content (AvgIpc) is 2.18. The minimum Gasteiger partial charge on any atom is -0.294 e. The SMILES string of the molecule is [C-]#[N+]c1cccc(CC(=O)NN)c1. The third-order valence-corrected chi connectivity index (χ3v) is 1.57. The molecule has 1 aromatic carbocycles. The Labute approximate surface area is 76.2 Å². The van der Waals surface area contributed by atoms with Crippen molar-refractivity contribution >= 4 is 11.6 Å². The Morgan fingerprint density at radius 2 is 2.38 bits per heavy atom. The van der Waals surface area contributed by atoms with Crippen LogP contribution in [-0.2, 0) is 11.2 Å². The van der Waals surface area contributed by atoms with Gasteiger partial charge in [-0.1, -0.05) is 24.3 Å². The molecule has 4 nitrogen and oxygen atoms in total. The highest BCUT2D eigenvalue weighted by Crippen LogP contribution is 2.13. The van der Waals surface area contributed by atoms with Crippen LogP contribution in [0.4, 0.5) is 5.69 Å². The van der Waals surface area contributed by atoms with Crippen molar-refractivity contribution in [3.05, 3.63) is 41.2 Å². The van der Waals surface area contributed by atoms with Crippen LogP contribution in [0.3, 0.4) is 0 Å². The van der Waals surface area contributed by atoms with E-state index in [2.05, 4.69) is 4.85 Å². The molecular weight excluding hydrogens is 166 g/mol. The van der Waals surface area contributed by atoms with Gasteiger partial charge in [0.05, 0.1) is 13.0 Å². The minimum atomic E-state index is -0.262. The Morgan fingerprint density at radius 3 is 3.00 bits per heavy atom. The van der Waals surface area contributed by atoms with Crippen LogP contribution >= 0.6 is 0 Å². The van der Waals surface area contributed by atoms with Crippen molar-refractivity contribution in [1.82, 2.24) is 5.43 Å². The summed E-state index contributed by atoms with van der Waals surface area (Å²) in [5, 5.41) is 0. The van der Waals surface area contributed by atoms with E-state index in [1.165, 1.54) is 0 Å². The monoisotopic (exact) mass is 175 g/mol. The molecule has 0 aromatic heterocycles. The molecule has 0 aliphatic heterocycles. The molecule has 0 bridgehead atoms. The molecule has 0 atom stereocenters. The standard InChI is InChI=1S/C9H9N3O/c1-11-8-4-2-3-7(5-8)6-9(13)12-10/h2-5H,6,10H2,(H,12,13). The van der Waals surface area contributed by atoms with Crippen LogP contribution in [0.25, 0.3) is 4.85 Å². The first kappa shape index (κ1) is 9.23. The molecular formula is C9H9N3O. The molecule has 0 heterocycles. The largest absolute Gasteiger partial charge is 0.294 e. The Kier molecular flexibility index (Phi) is 3.01. The van der Waals surface area contributed by atoms with E-state index in [1.54, 1.807) is 24.3 Å². The third kappa shape index (κ3) is 2.58. The van der Waals surface area contributed by atoms with Gasteiger partial charge in [0.15, 0.2) is 5.69 Å². The maximum Gasteiger partial charge on any atom is 0.238 e. The number of nitrogens with one attached hydrogen (secondary N) is 1. The highest BCUT2D eigenvalue weighted by atomic mass is 16.2. The lowest BCUT2D eigenvalue weighted by atomic mass is 10.1. The maximum atomic E-state index is 10.9. The van der Waals surface area contributed by atoms with Gasteiger partial charge < -0.3 is 0 Å². The van der Waals surface area contributed by atoms with Gasteiger partial charge in [0.2, 0.25) is 5.91 Å². The summed E-state index contributed by atoms with van der Waals surface area (Å²) in [6, 6.07) is 6.88. The Balaban J connectivity index is 2.79. The number of amides is 1. The molecule has 0 aliphatic carbocycles. The average molecular weight is 175 g/mol. The van der Waals surface area contributed by atoms with E-state index in [-0.39, 0.29) is 12.3 Å². The molecule has 4 heteroatoms. The lowest BCUT2D eigenvalue weighted by Crippen LogP contribution is -2.31. The second-order valence-electron chi connectivity index (χ2n) is 2.53. The first-order valence-electron chi connectivity index (χ1n) is 3.72. The van der Waals surface area contributed by atoms with Crippen molar-refractivity contribution in [2.24, 2.45) is 5.84 Å². The van der Waals surface area contributed by atoms with Crippen LogP contribution < -0.4 is 11.3 Å². The van der Waals surface area contributed by atoms with Crippen molar-refractivity contribution in [3.63, 3.8) is 0 Å². The molecule has 3 N–H and O–H groups in total. The van der Waals surface area contributed by atoms with Crippen LogP contribution in [0.15, 0.2) is 24.3 Å². The first-order chi connectivity index (χ1) is 6.26. The van der Waals surface area contributed by atoms with Crippen molar-refractivity contribution < 1.29 is 4.79 Å². The zero-order valence-corrected chi connectivity index (χ0v) is 6.95. The summed E-state index contributed by atoms with van der Waals surface area (Å²) >= 11 is 0. The summed E-state index contributed by atoms with van der Waals surface area (Å²) in [5.74, 6) is 4.67. The smallest absolute Gasteiger partial charge is 0.238 e. The maximum absolute atomic E-state index is 10.9. The second kappa shape index (κ2) is 4.24. The van der Waals surface area contributed by atoms with Gasteiger partial charge in [-0.15, -0.1) is 0 Å². The molecule has 0 saturated heterocycles. The molecule has 13 heavy (non-hydrogen) atoms. The number of nitrogens with two attached hydrogens (primary N) is 1. The number of hydrogen-bond acceptors (Lipinski definition) is 2. The van der Waals surface area contributed by atoms with E-state index in [4.69, 9.17) is 12.4 Å². The lowest BCUT2D eigenvalue weighted by Gasteiger charge is -1.99. The Hall–Kier alpha value is -1.86. The van der Waals surface area contributed by atoms with Crippen molar-refractivity contribution in [3.8, 4) is 0 Å². The van der Waals surface area contributed by atoms with E-state index in [0.717, 1.165) is 5.56 Å². The number of carbonyl (C=O) groups is 1. The van der Waals surface area contributed by atoms with Crippen molar-refractivity contribution in [2.45, 2.75) is 6.42 Å². The van der Waals surface area contributed by atoms with Crippen LogP contribution in [0.1, 0.15) is 5.56 Å². The van der Waals surface area contributed by atoms with Gasteiger partial charge in [-0.2, -0.15) is 0 Å². The van der Waals surface area contributed by atoms with Crippen LogP contribution in [0, 0.1) is 6.57 Å². The second-order valence-corrected chi connectivity index (χ2v) is 2.53. The molecule has 66 valence electrons. The summed E-state index contributed by atoms with van der Waals surface area (Å²) in [4.78, 5) is 14.1. The molecule has 0 radical (unpaired) electrons. The van der Waals surface area contributed by atoms with Gasteiger partial charge in [-0.25, -0.2) is 10.7 Å². The molecule has 0 spiro atoms. The molecule has 1 aromatic rings. The van der Waals surface area contributed by atoms with E-state index in [9.17, 15) is 4.79 Å². The normalized spacial score (nSPS) is 8.92. The van der Waals surface area contributed by atoms with Crippen LogP contribution in [0.2, 0.25) is 0 Å². The topological polar surface area (TPSA) is 59.5 Å². The molecule has 0 saturated carbocycles. The van der Waals surface area contributed by atoms with E-state index >= 15 is 0 Å². The number of benzene rings is 1. The van der Waals surface area contributed by atoms with E-state index in [1.807, 2.05) is 5.43 Å². The quantitative estimate of drug-likeness (QED) is 0.302. The zero-order chi connectivity index (χ0) is 9.68. The molecule has 0 unspecified atom stereocenters. The van der Waals surface area contributed by atoms with Gasteiger partial charge >= 0.3 is 0 Å². The number of carbonyl (C=O) groups excluding carboxylic acids is 1. The summed E-state index contributed by atoms with van der Waals surface area (Å²) in [5.41, 5.74) is 3.35. The molecule has 1 rings (SSSR count). The summed E-state index contributed by atoms with van der Waals surface area (Å²) < 4.78 is 0. The highest BCUT2D eigenvalue weighted by molar-refractivity contribution is 5.78.